The van der Waals surface area contributed by atoms with E-state index in [4.69, 9.17) is 0 Å². The van der Waals surface area contributed by atoms with Gasteiger partial charge in [-0.05, 0) is 31.0 Å². The van der Waals surface area contributed by atoms with E-state index in [1.165, 1.54) is 11.1 Å². The van der Waals surface area contributed by atoms with Gasteiger partial charge >= 0.3 is 0 Å². The molecule has 2 rings (SSSR count). The zero-order valence-electron chi connectivity index (χ0n) is 11.9. The predicted octanol–water partition coefficient (Wildman–Crippen LogP) is 3.22. The lowest BCUT2D eigenvalue weighted by Crippen LogP contribution is -2.07. The van der Waals surface area contributed by atoms with Crippen LogP contribution in [0.1, 0.15) is 42.4 Å². The maximum atomic E-state index is 4.54. The van der Waals surface area contributed by atoms with Gasteiger partial charge in [0.25, 0.3) is 0 Å². The average molecular weight is 256 g/mol. The Morgan fingerprint density at radius 2 is 2.00 bits per heavy atom. The molecule has 0 aromatic carbocycles. The molecule has 4 heteroatoms. The Bertz CT molecular complexity index is 564. The van der Waals surface area contributed by atoms with Gasteiger partial charge in [-0.15, -0.1) is 0 Å². The highest BCUT2D eigenvalue weighted by molar-refractivity contribution is 5.38. The summed E-state index contributed by atoms with van der Waals surface area (Å²) in [4.78, 5) is 13.1. The molecule has 0 aliphatic heterocycles. The van der Waals surface area contributed by atoms with Crippen molar-refractivity contribution < 1.29 is 0 Å². The first-order chi connectivity index (χ1) is 9.06. The van der Waals surface area contributed by atoms with Crippen LogP contribution in [-0.4, -0.2) is 15.0 Å². The first-order valence-corrected chi connectivity index (χ1v) is 6.55. The number of aryl methyl sites for hydroxylation is 2. The Morgan fingerprint density at radius 1 is 1.21 bits per heavy atom. The second kappa shape index (κ2) is 5.78. The lowest BCUT2D eigenvalue weighted by atomic mass is 10.1. The molecule has 19 heavy (non-hydrogen) atoms. The first-order valence-electron chi connectivity index (χ1n) is 6.55. The quantitative estimate of drug-likeness (QED) is 0.912. The van der Waals surface area contributed by atoms with Gasteiger partial charge in [0.05, 0.1) is 0 Å². The standard InChI is InChI=1S/C15H20N4/c1-10(2)15-18-12(4)7-14(19-15)17-9-13-5-6-16-8-11(13)3/h5-8,10H,9H2,1-4H3,(H,17,18,19). The topological polar surface area (TPSA) is 50.7 Å². The summed E-state index contributed by atoms with van der Waals surface area (Å²) in [6.07, 6.45) is 3.69. The van der Waals surface area contributed by atoms with E-state index in [1.807, 2.05) is 31.5 Å². The maximum Gasteiger partial charge on any atom is 0.133 e. The van der Waals surface area contributed by atoms with E-state index in [2.05, 4.69) is 41.0 Å². The van der Waals surface area contributed by atoms with Gasteiger partial charge in [-0.3, -0.25) is 4.98 Å². The summed E-state index contributed by atoms with van der Waals surface area (Å²) < 4.78 is 0. The van der Waals surface area contributed by atoms with Crippen molar-refractivity contribution in [1.82, 2.24) is 15.0 Å². The second-order valence-corrected chi connectivity index (χ2v) is 5.06. The number of rotatable bonds is 4. The Kier molecular flexibility index (Phi) is 4.10. The Hall–Kier alpha value is -1.97. The summed E-state index contributed by atoms with van der Waals surface area (Å²) >= 11 is 0. The molecule has 0 aliphatic rings. The van der Waals surface area contributed by atoms with E-state index in [0.717, 1.165) is 23.9 Å². The van der Waals surface area contributed by atoms with Crippen molar-refractivity contribution in [3.05, 3.63) is 47.2 Å². The minimum absolute atomic E-state index is 0.336. The van der Waals surface area contributed by atoms with Gasteiger partial charge in [-0.1, -0.05) is 13.8 Å². The molecule has 0 bridgehead atoms. The molecular formula is C15H20N4. The fraction of sp³-hybridized carbons (Fsp3) is 0.400. The zero-order chi connectivity index (χ0) is 13.8. The average Bonchev–Trinajstić information content (AvgIpc) is 2.37. The fourth-order valence-corrected chi connectivity index (χ4v) is 1.83. The normalized spacial score (nSPS) is 10.8. The summed E-state index contributed by atoms with van der Waals surface area (Å²) in [7, 11) is 0. The largest absolute Gasteiger partial charge is 0.366 e. The highest BCUT2D eigenvalue weighted by atomic mass is 15.0. The van der Waals surface area contributed by atoms with Crippen molar-refractivity contribution in [2.75, 3.05) is 5.32 Å². The van der Waals surface area contributed by atoms with Crippen LogP contribution in [0, 0.1) is 13.8 Å². The molecule has 0 atom stereocenters. The number of hydrogen-bond acceptors (Lipinski definition) is 4. The van der Waals surface area contributed by atoms with Crippen LogP contribution in [0.25, 0.3) is 0 Å². The van der Waals surface area contributed by atoms with Crippen molar-refractivity contribution in [2.24, 2.45) is 0 Å². The molecule has 0 radical (unpaired) electrons. The Morgan fingerprint density at radius 3 is 2.68 bits per heavy atom. The van der Waals surface area contributed by atoms with Crippen LogP contribution in [0.5, 0.6) is 0 Å². The van der Waals surface area contributed by atoms with Crippen molar-refractivity contribution in [3.8, 4) is 0 Å². The molecule has 0 amide bonds. The third-order valence-electron chi connectivity index (χ3n) is 2.98. The molecule has 2 heterocycles. The van der Waals surface area contributed by atoms with Crippen LogP contribution in [0.3, 0.4) is 0 Å². The van der Waals surface area contributed by atoms with E-state index >= 15 is 0 Å². The maximum absolute atomic E-state index is 4.54. The van der Waals surface area contributed by atoms with Crippen LogP contribution in [-0.2, 0) is 6.54 Å². The number of hydrogen-bond donors (Lipinski definition) is 1. The number of pyridine rings is 1. The number of aromatic nitrogens is 3. The van der Waals surface area contributed by atoms with Gasteiger partial charge in [-0.2, -0.15) is 0 Å². The molecule has 2 aromatic rings. The fourth-order valence-electron chi connectivity index (χ4n) is 1.83. The molecule has 0 unspecified atom stereocenters. The van der Waals surface area contributed by atoms with E-state index in [9.17, 15) is 0 Å². The van der Waals surface area contributed by atoms with Crippen LogP contribution in [0.2, 0.25) is 0 Å². The second-order valence-electron chi connectivity index (χ2n) is 5.06. The minimum Gasteiger partial charge on any atom is -0.366 e. The lowest BCUT2D eigenvalue weighted by Gasteiger charge is -2.11. The number of nitrogens with zero attached hydrogens (tertiary/aromatic N) is 3. The highest BCUT2D eigenvalue weighted by Crippen LogP contribution is 2.15. The summed E-state index contributed by atoms with van der Waals surface area (Å²) in [5, 5.41) is 3.36. The Labute approximate surface area is 114 Å². The predicted molar refractivity (Wildman–Crippen MR) is 77.2 cm³/mol. The number of nitrogens with one attached hydrogen (secondary N) is 1. The van der Waals surface area contributed by atoms with Crippen molar-refractivity contribution in [2.45, 2.75) is 40.2 Å². The molecule has 0 fully saturated rings. The van der Waals surface area contributed by atoms with E-state index in [1.54, 1.807) is 0 Å². The van der Waals surface area contributed by atoms with E-state index in [-0.39, 0.29) is 0 Å². The molecule has 0 spiro atoms. The minimum atomic E-state index is 0.336. The summed E-state index contributed by atoms with van der Waals surface area (Å²) in [5.41, 5.74) is 3.41. The van der Waals surface area contributed by atoms with Gasteiger partial charge in [0.2, 0.25) is 0 Å². The lowest BCUT2D eigenvalue weighted by molar-refractivity contribution is 0.766. The summed E-state index contributed by atoms with van der Waals surface area (Å²) in [6.45, 7) is 9.02. The van der Waals surface area contributed by atoms with Crippen LogP contribution < -0.4 is 5.32 Å². The molecule has 0 saturated carbocycles. The van der Waals surface area contributed by atoms with Gasteiger partial charge in [0, 0.05) is 36.6 Å². The number of anilines is 1. The van der Waals surface area contributed by atoms with Crippen molar-refractivity contribution in [3.63, 3.8) is 0 Å². The summed E-state index contributed by atoms with van der Waals surface area (Å²) in [6, 6.07) is 4.00. The third kappa shape index (κ3) is 3.50. The Balaban J connectivity index is 2.14. The van der Waals surface area contributed by atoms with Gasteiger partial charge in [0.1, 0.15) is 11.6 Å². The zero-order valence-corrected chi connectivity index (χ0v) is 11.9. The van der Waals surface area contributed by atoms with Crippen molar-refractivity contribution in [1.29, 1.82) is 0 Å². The molecule has 0 aliphatic carbocycles. The molecule has 1 N–H and O–H groups in total. The van der Waals surface area contributed by atoms with Gasteiger partial charge in [-0.25, -0.2) is 9.97 Å². The molecular weight excluding hydrogens is 236 g/mol. The smallest absolute Gasteiger partial charge is 0.133 e. The van der Waals surface area contributed by atoms with Crippen LogP contribution in [0.15, 0.2) is 24.5 Å². The molecule has 4 nitrogen and oxygen atoms in total. The molecule has 2 aromatic heterocycles. The third-order valence-corrected chi connectivity index (χ3v) is 2.98. The van der Waals surface area contributed by atoms with Gasteiger partial charge < -0.3 is 5.32 Å². The molecule has 0 saturated heterocycles. The monoisotopic (exact) mass is 256 g/mol. The van der Waals surface area contributed by atoms with Gasteiger partial charge in [0.15, 0.2) is 0 Å². The highest BCUT2D eigenvalue weighted by Gasteiger charge is 2.06. The van der Waals surface area contributed by atoms with Crippen LogP contribution in [0.4, 0.5) is 5.82 Å². The molecule has 100 valence electrons. The van der Waals surface area contributed by atoms with E-state index < -0.39 is 0 Å². The van der Waals surface area contributed by atoms with E-state index in [0.29, 0.717) is 5.92 Å². The summed E-state index contributed by atoms with van der Waals surface area (Å²) in [5.74, 6) is 2.10. The van der Waals surface area contributed by atoms with Crippen molar-refractivity contribution >= 4 is 5.82 Å². The first kappa shape index (κ1) is 13.5. The SMILES string of the molecule is Cc1cc(NCc2ccncc2C)nc(C(C)C)n1. The van der Waals surface area contributed by atoms with Crippen LogP contribution >= 0.6 is 0 Å².